The van der Waals surface area contributed by atoms with E-state index in [0.717, 1.165) is 0 Å². The Balaban J connectivity index is 2.46. The van der Waals surface area contributed by atoms with E-state index in [1.807, 2.05) is 19.9 Å². The van der Waals surface area contributed by atoms with Gasteiger partial charge in [-0.2, -0.15) is 5.26 Å². The third-order valence-electron chi connectivity index (χ3n) is 2.50. The van der Waals surface area contributed by atoms with Crippen molar-refractivity contribution in [2.24, 2.45) is 0 Å². The number of ether oxygens (including phenoxy) is 2. The number of hydrogen-bond donors (Lipinski definition) is 1. The van der Waals surface area contributed by atoms with Gasteiger partial charge in [-0.05, 0) is 32.0 Å². The summed E-state index contributed by atoms with van der Waals surface area (Å²) in [5, 5.41) is 11.6. The average Bonchev–Trinajstić information content (AvgIpc) is 2.41. The highest BCUT2D eigenvalue weighted by Crippen LogP contribution is 2.15. The van der Waals surface area contributed by atoms with Crippen LogP contribution in [0.1, 0.15) is 25.8 Å². The zero-order chi connectivity index (χ0) is 14.1. The van der Waals surface area contributed by atoms with Gasteiger partial charge in [-0.3, -0.25) is 0 Å². The Hall–Kier alpha value is -1.64. The van der Waals surface area contributed by atoms with Crippen LogP contribution in [0.25, 0.3) is 0 Å². The van der Waals surface area contributed by atoms with Crippen LogP contribution in [0.15, 0.2) is 18.2 Å². The summed E-state index contributed by atoms with van der Waals surface area (Å²) in [5.41, 5.74) is 0.690. The van der Waals surface area contributed by atoms with Crippen molar-refractivity contribution in [1.29, 1.82) is 5.26 Å². The van der Waals surface area contributed by atoms with Crippen molar-refractivity contribution in [3.63, 3.8) is 0 Å². The minimum atomic E-state index is -0.427. The van der Waals surface area contributed by atoms with Crippen LogP contribution in [0, 0.1) is 17.1 Å². The SMILES string of the molecule is CCOC(CCNc1ccc(C#N)cc1F)OCC. The van der Waals surface area contributed by atoms with Gasteiger partial charge in [0.1, 0.15) is 5.82 Å². The van der Waals surface area contributed by atoms with Gasteiger partial charge in [0.25, 0.3) is 0 Å². The van der Waals surface area contributed by atoms with Crippen LogP contribution in [0.5, 0.6) is 0 Å². The Morgan fingerprint density at radius 3 is 2.53 bits per heavy atom. The van der Waals surface area contributed by atoms with Gasteiger partial charge in [0.05, 0.1) is 17.3 Å². The summed E-state index contributed by atoms with van der Waals surface area (Å²) < 4.78 is 24.4. The van der Waals surface area contributed by atoms with Crippen molar-refractivity contribution in [3.05, 3.63) is 29.6 Å². The molecule has 0 aliphatic heterocycles. The van der Waals surface area contributed by atoms with Gasteiger partial charge in [0.2, 0.25) is 0 Å². The lowest BCUT2D eigenvalue weighted by molar-refractivity contribution is -0.137. The highest BCUT2D eigenvalue weighted by molar-refractivity contribution is 5.48. The Kier molecular flexibility index (Phi) is 6.86. The van der Waals surface area contributed by atoms with Gasteiger partial charge in [-0.15, -0.1) is 0 Å². The highest BCUT2D eigenvalue weighted by Gasteiger charge is 2.08. The maximum atomic E-state index is 13.6. The molecule has 0 aromatic heterocycles. The minimum Gasteiger partial charge on any atom is -0.382 e. The van der Waals surface area contributed by atoms with Crippen LogP contribution in [-0.2, 0) is 9.47 Å². The normalized spacial score (nSPS) is 10.5. The van der Waals surface area contributed by atoms with Crippen molar-refractivity contribution in [2.75, 3.05) is 25.1 Å². The van der Waals surface area contributed by atoms with Crippen LogP contribution >= 0.6 is 0 Å². The molecule has 0 aliphatic carbocycles. The second kappa shape index (κ2) is 8.46. The minimum absolute atomic E-state index is 0.274. The molecule has 1 N–H and O–H groups in total. The summed E-state index contributed by atoms with van der Waals surface area (Å²) in [4.78, 5) is 0. The lowest BCUT2D eigenvalue weighted by atomic mass is 10.2. The summed E-state index contributed by atoms with van der Waals surface area (Å²) in [6, 6.07) is 6.25. The molecule has 1 rings (SSSR count). The molecule has 0 spiro atoms. The van der Waals surface area contributed by atoms with E-state index >= 15 is 0 Å². The number of nitrogens with zero attached hydrogens (tertiary/aromatic N) is 1. The second-order valence-corrected chi connectivity index (χ2v) is 3.86. The molecule has 0 heterocycles. The first-order valence-electron chi connectivity index (χ1n) is 6.38. The van der Waals surface area contributed by atoms with E-state index in [4.69, 9.17) is 14.7 Å². The fraction of sp³-hybridized carbons (Fsp3) is 0.500. The lowest BCUT2D eigenvalue weighted by Gasteiger charge is -2.17. The molecule has 0 bridgehead atoms. The van der Waals surface area contributed by atoms with Gasteiger partial charge < -0.3 is 14.8 Å². The summed E-state index contributed by atoms with van der Waals surface area (Å²) in [6.45, 7) is 5.50. The van der Waals surface area contributed by atoms with Gasteiger partial charge in [-0.25, -0.2) is 4.39 Å². The fourth-order valence-electron chi connectivity index (χ4n) is 1.64. The number of hydrogen-bond acceptors (Lipinski definition) is 4. The second-order valence-electron chi connectivity index (χ2n) is 3.86. The van der Waals surface area contributed by atoms with Gasteiger partial charge >= 0.3 is 0 Å². The molecule has 0 radical (unpaired) electrons. The Labute approximate surface area is 113 Å². The molecule has 0 unspecified atom stereocenters. The maximum Gasteiger partial charge on any atom is 0.159 e. The van der Waals surface area contributed by atoms with Crippen molar-refractivity contribution in [3.8, 4) is 6.07 Å². The zero-order valence-electron chi connectivity index (χ0n) is 11.3. The van der Waals surface area contributed by atoms with Crippen LogP contribution in [0.4, 0.5) is 10.1 Å². The van der Waals surface area contributed by atoms with Crippen LogP contribution < -0.4 is 5.32 Å². The molecule has 0 atom stereocenters. The average molecular weight is 266 g/mol. The molecule has 0 aliphatic rings. The zero-order valence-corrected chi connectivity index (χ0v) is 11.3. The lowest BCUT2D eigenvalue weighted by Crippen LogP contribution is -2.21. The van der Waals surface area contributed by atoms with Gasteiger partial charge in [0, 0.05) is 26.2 Å². The summed E-state index contributed by atoms with van der Waals surface area (Å²) in [5.74, 6) is -0.427. The first-order valence-corrected chi connectivity index (χ1v) is 6.38. The number of rotatable bonds is 8. The Bertz CT molecular complexity index is 426. The quantitative estimate of drug-likeness (QED) is 0.735. The molecule has 1 aromatic carbocycles. The summed E-state index contributed by atoms with van der Waals surface area (Å²) in [7, 11) is 0. The third-order valence-corrected chi connectivity index (χ3v) is 2.50. The number of nitriles is 1. The number of nitrogens with one attached hydrogen (secondary N) is 1. The fourth-order valence-corrected chi connectivity index (χ4v) is 1.64. The van der Waals surface area contributed by atoms with Crippen molar-refractivity contribution < 1.29 is 13.9 Å². The predicted molar refractivity (Wildman–Crippen MR) is 71.3 cm³/mol. The van der Waals surface area contributed by atoms with E-state index in [1.54, 1.807) is 12.1 Å². The molecule has 0 amide bonds. The monoisotopic (exact) mass is 266 g/mol. The Morgan fingerprint density at radius 2 is 2.00 bits per heavy atom. The molecule has 1 aromatic rings. The first kappa shape index (κ1) is 15.4. The van der Waals surface area contributed by atoms with Gasteiger partial charge in [-0.1, -0.05) is 0 Å². The number of halogens is 1. The predicted octanol–water partition coefficient (Wildman–Crippen LogP) is 2.90. The largest absolute Gasteiger partial charge is 0.382 e. The van der Waals surface area contributed by atoms with Crippen LogP contribution in [0.2, 0.25) is 0 Å². The van der Waals surface area contributed by atoms with Gasteiger partial charge in [0.15, 0.2) is 6.29 Å². The topological polar surface area (TPSA) is 54.3 Å². The molecule has 4 nitrogen and oxygen atoms in total. The third kappa shape index (κ3) is 5.25. The molecular weight excluding hydrogens is 247 g/mol. The number of benzene rings is 1. The molecule has 0 saturated heterocycles. The molecular formula is C14H19FN2O2. The standard InChI is InChI=1S/C14H19FN2O2/c1-3-18-14(19-4-2)7-8-17-13-6-5-11(10-16)9-12(13)15/h5-6,9,14,17H,3-4,7-8H2,1-2H3. The van der Waals surface area contributed by atoms with E-state index in [0.29, 0.717) is 37.4 Å². The van der Waals surface area contributed by atoms with E-state index < -0.39 is 5.82 Å². The molecule has 0 saturated carbocycles. The van der Waals surface area contributed by atoms with Crippen LogP contribution in [-0.4, -0.2) is 26.0 Å². The molecule has 19 heavy (non-hydrogen) atoms. The summed E-state index contributed by atoms with van der Waals surface area (Å²) >= 11 is 0. The van der Waals surface area contributed by atoms with Crippen LogP contribution in [0.3, 0.4) is 0 Å². The molecule has 5 heteroatoms. The Morgan fingerprint density at radius 1 is 1.32 bits per heavy atom. The maximum absolute atomic E-state index is 13.6. The van der Waals surface area contributed by atoms with E-state index in [-0.39, 0.29) is 6.29 Å². The van der Waals surface area contributed by atoms with Crippen molar-refractivity contribution >= 4 is 5.69 Å². The number of anilines is 1. The van der Waals surface area contributed by atoms with Crippen molar-refractivity contribution in [2.45, 2.75) is 26.6 Å². The molecule has 0 fully saturated rings. The summed E-state index contributed by atoms with van der Waals surface area (Å²) in [6.07, 6.45) is 0.352. The van der Waals surface area contributed by atoms with E-state index in [2.05, 4.69) is 5.32 Å². The highest BCUT2D eigenvalue weighted by atomic mass is 19.1. The van der Waals surface area contributed by atoms with Crippen molar-refractivity contribution in [1.82, 2.24) is 0 Å². The van der Waals surface area contributed by atoms with E-state index in [1.165, 1.54) is 6.07 Å². The van der Waals surface area contributed by atoms with E-state index in [9.17, 15) is 4.39 Å². The molecule has 104 valence electrons. The first-order chi connectivity index (χ1) is 9.21. The smallest absolute Gasteiger partial charge is 0.159 e.